The molecule has 0 fully saturated rings. The van der Waals surface area contributed by atoms with E-state index in [1.807, 2.05) is 6.92 Å². The lowest BCUT2D eigenvalue weighted by Crippen LogP contribution is -2.40. The van der Waals surface area contributed by atoms with Crippen LogP contribution >= 0.6 is 0 Å². The molecule has 0 radical (unpaired) electrons. The van der Waals surface area contributed by atoms with Crippen LogP contribution in [0.1, 0.15) is 119 Å². The van der Waals surface area contributed by atoms with Crippen LogP contribution in [0.25, 0.3) is 0 Å². The second kappa shape index (κ2) is 14.6. The Morgan fingerprint density at radius 3 is 1.39 bits per heavy atom. The van der Waals surface area contributed by atoms with Gasteiger partial charge in [0.15, 0.2) is 0 Å². The van der Waals surface area contributed by atoms with E-state index in [9.17, 15) is 0 Å². The Balaban J connectivity index is 2.10. The highest BCUT2D eigenvalue weighted by Crippen LogP contribution is 2.36. The van der Waals surface area contributed by atoms with Gasteiger partial charge in [-0.25, -0.2) is 0 Å². The summed E-state index contributed by atoms with van der Waals surface area (Å²) < 4.78 is 24.4. The maximum atomic E-state index is 6.50. The minimum absolute atomic E-state index is 0.130. The Morgan fingerprint density at radius 2 is 1.00 bits per heavy atom. The fraction of sp³-hybridized carbons (Fsp3) is 0.676. The van der Waals surface area contributed by atoms with Gasteiger partial charge in [-0.05, 0) is 82.1 Å². The van der Waals surface area contributed by atoms with Crippen molar-refractivity contribution in [3.63, 3.8) is 0 Å². The highest BCUT2D eigenvalue weighted by atomic mass is 16.7. The van der Waals surface area contributed by atoms with Crippen LogP contribution in [0.15, 0.2) is 48.5 Å². The number of hydrogen-bond acceptors (Lipinski definition) is 4. The first-order valence-corrected chi connectivity index (χ1v) is 15.7. The molecule has 232 valence electrons. The molecule has 0 amide bonds. The summed E-state index contributed by atoms with van der Waals surface area (Å²) >= 11 is 0. The molecule has 2 rings (SSSR count). The molecule has 0 aliphatic carbocycles. The zero-order valence-electron chi connectivity index (χ0n) is 28.5. The van der Waals surface area contributed by atoms with Crippen LogP contribution in [0.2, 0.25) is 0 Å². The van der Waals surface area contributed by atoms with Crippen molar-refractivity contribution in [1.29, 1.82) is 0 Å². The molecule has 0 saturated carbocycles. The number of benzene rings is 2. The molecule has 3 unspecified atom stereocenters. The molecule has 0 spiro atoms. The smallest absolute Gasteiger partial charge is 0.147 e. The van der Waals surface area contributed by atoms with Crippen molar-refractivity contribution in [3.05, 3.63) is 70.8 Å². The van der Waals surface area contributed by atoms with Crippen molar-refractivity contribution >= 4 is 0 Å². The largest absolute Gasteiger partial charge is 0.371 e. The summed E-state index contributed by atoms with van der Waals surface area (Å²) in [6.07, 6.45) is 0.900. The molecule has 0 aliphatic heterocycles. The van der Waals surface area contributed by atoms with Crippen LogP contribution in [-0.2, 0) is 35.6 Å². The molecule has 0 saturated heterocycles. The Labute approximate surface area is 252 Å². The predicted octanol–water partition coefficient (Wildman–Crippen LogP) is 9.62. The third kappa shape index (κ3) is 9.38. The average molecular weight is 569 g/mol. The molecule has 4 heteroatoms. The molecule has 0 aliphatic rings. The first-order chi connectivity index (χ1) is 19.0. The van der Waals surface area contributed by atoms with Crippen LogP contribution in [0.3, 0.4) is 0 Å². The zero-order valence-corrected chi connectivity index (χ0v) is 28.5. The van der Waals surface area contributed by atoms with Crippen LogP contribution in [0.5, 0.6) is 0 Å². The van der Waals surface area contributed by atoms with Crippen molar-refractivity contribution in [2.75, 3.05) is 26.6 Å². The van der Waals surface area contributed by atoms with E-state index in [1.165, 1.54) is 22.3 Å². The maximum Gasteiger partial charge on any atom is 0.147 e. The summed E-state index contributed by atoms with van der Waals surface area (Å²) in [5.41, 5.74) is 3.79. The van der Waals surface area contributed by atoms with Gasteiger partial charge in [-0.3, -0.25) is 0 Å². The van der Waals surface area contributed by atoms with Gasteiger partial charge in [-0.1, -0.05) is 97.0 Å². The third-order valence-corrected chi connectivity index (χ3v) is 9.56. The lowest BCUT2D eigenvalue weighted by Gasteiger charge is -2.37. The summed E-state index contributed by atoms with van der Waals surface area (Å²) in [4.78, 5) is 0. The molecular formula is C37H60O4. The fourth-order valence-corrected chi connectivity index (χ4v) is 4.80. The minimum Gasteiger partial charge on any atom is -0.371 e. The maximum absolute atomic E-state index is 6.50. The highest BCUT2D eigenvalue weighted by molar-refractivity contribution is 5.41. The molecule has 2 aromatic rings. The lowest BCUT2D eigenvalue weighted by molar-refractivity contribution is -0.171. The summed E-state index contributed by atoms with van der Waals surface area (Å²) in [5.74, 6) is 1.37. The molecule has 0 heterocycles. The molecule has 2 aromatic carbocycles. The lowest BCUT2D eigenvalue weighted by atomic mass is 9.77. The van der Waals surface area contributed by atoms with Crippen molar-refractivity contribution in [2.24, 2.45) is 17.8 Å². The summed E-state index contributed by atoms with van der Waals surface area (Å²) in [5, 5.41) is 0. The second-order valence-corrected chi connectivity index (χ2v) is 14.0. The Kier molecular flexibility index (Phi) is 12.7. The number of rotatable bonds is 17. The molecule has 0 aromatic heterocycles. The van der Waals surface area contributed by atoms with Crippen LogP contribution in [-0.4, -0.2) is 32.2 Å². The van der Waals surface area contributed by atoms with Crippen molar-refractivity contribution in [1.82, 2.24) is 0 Å². The third-order valence-electron chi connectivity index (χ3n) is 9.56. The minimum atomic E-state index is -0.411. The molecule has 4 nitrogen and oxygen atoms in total. The average Bonchev–Trinajstić information content (AvgIpc) is 2.94. The summed E-state index contributed by atoms with van der Waals surface area (Å²) in [7, 11) is 0. The van der Waals surface area contributed by atoms with Crippen LogP contribution < -0.4 is 0 Å². The molecule has 41 heavy (non-hydrogen) atoms. The van der Waals surface area contributed by atoms with Gasteiger partial charge in [-0.15, -0.1) is 0 Å². The van der Waals surface area contributed by atoms with Crippen molar-refractivity contribution < 1.29 is 18.9 Å². The van der Waals surface area contributed by atoms with Crippen molar-refractivity contribution in [2.45, 2.75) is 119 Å². The molecule has 0 N–H and O–H groups in total. The van der Waals surface area contributed by atoms with E-state index >= 15 is 0 Å². The van der Waals surface area contributed by atoms with E-state index in [1.54, 1.807) is 0 Å². The van der Waals surface area contributed by atoms with Gasteiger partial charge in [0.2, 0.25) is 0 Å². The van der Waals surface area contributed by atoms with Gasteiger partial charge >= 0.3 is 0 Å². The van der Waals surface area contributed by atoms with Crippen molar-refractivity contribution in [3.8, 4) is 0 Å². The van der Waals surface area contributed by atoms with Gasteiger partial charge in [-0.2, -0.15) is 0 Å². The highest BCUT2D eigenvalue weighted by Gasteiger charge is 2.33. The first-order valence-electron chi connectivity index (χ1n) is 15.7. The van der Waals surface area contributed by atoms with E-state index < -0.39 is 5.60 Å². The second-order valence-electron chi connectivity index (χ2n) is 14.0. The van der Waals surface area contributed by atoms with E-state index in [0.717, 1.165) is 13.0 Å². The molecular weight excluding hydrogens is 508 g/mol. The SMILES string of the molecule is CCOCOC(C)(CC)C(C)COC(C)(C)c1ccc(C(C)(C)c2ccc(C(C)(C)OCC(C)C(C)C)cc2)cc1. The van der Waals surface area contributed by atoms with Crippen LogP contribution in [0, 0.1) is 17.8 Å². The Morgan fingerprint density at radius 1 is 0.585 bits per heavy atom. The van der Waals surface area contributed by atoms with Gasteiger partial charge in [0.05, 0.1) is 30.0 Å². The standard InChI is InChI=1S/C37H60O4/c1-14-37(13,41-26-38-15-2)29(6)25-40-36(11,12)33-22-18-31(19-23-33)34(7,8)30-16-20-32(21-17-30)35(9,10)39-24-28(5)27(3)4/h16-23,27-29H,14-15,24-26H2,1-13H3. The Hall–Kier alpha value is -1.72. The number of hydrogen-bond donors (Lipinski definition) is 0. The zero-order chi connectivity index (χ0) is 31.1. The van der Waals surface area contributed by atoms with Crippen LogP contribution in [0.4, 0.5) is 0 Å². The van der Waals surface area contributed by atoms with Gasteiger partial charge in [0.1, 0.15) is 6.79 Å². The van der Waals surface area contributed by atoms with E-state index in [0.29, 0.717) is 31.8 Å². The van der Waals surface area contributed by atoms with Gasteiger partial charge in [0, 0.05) is 17.9 Å². The topological polar surface area (TPSA) is 36.9 Å². The molecule has 3 atom stereocenters. The first kappa shape index (κ1) is 35.5. The van der Waals surface area contributed by atoms with Gasteiger partial charge in [0.25, 0.3) is 0 Å². The summed E-state index contributed by atoms with van der Waals surface area (Å²) in [6, 6.07) is 17.9. The summed E-state index contributed by atoms with van der Waals surface area (Å²) in [6.45, 7) is 30.8. The molecule has 0 bridgehead atoms. The van der Waals surface area contributed by atoms with E-state index in [4.69, 9.17) is 18.9 Å². The Bertz CT molecular complexity index is 1040. The van der Waals surface area contributed by atoms with Gasteiger partial charge < -0.3 is 18.9 Å². The fourth-order valence-electron chi connectivity index (χ4n) is 4.80. The normalized spacial score (nSPS) is 16.0. The van der Waals surface area contributed by atoms with E-state index in [2.05, 4.69) is 132 Å². The number of ether oxygens (including phenoxy) is 4. The predicted molar refractivity (Wildman–Crippen MR) is 172 cm³/mol. The quantitative estimate of drug-likeness (QED) is 0.141. The monoisotopic (exact) mass is 568 g/mol. The van der Waals surface area contributed by atoms with E-state index in [-0.39, 0.29) is 22.5 Å².